The Balaban J connectivity index is 1.71. The molecule has 3 atom stereocenters. The molecule has 2 aromatic carbocycles. The molecule has 1 aromatic heterocycles. The molecule has 2 aliphatic rings. The van der Waals surface area contributed by atoms with Gasteiger partial charge in [-0.15, -0.1) is 0 Å². The van der Waals surface area contributed by atoms with Crippen LogP contribution in [0.2, 0.25) is 0 Å². The quantitative estimate of drug-likeness (QED) is 0.236. The van der Waals surface area contributed by atoms with Crippen LogP contribution in [0.5, 0.6) is 0 Å². The number of fused-ring (bicyclic) bond motifs is 1. The Labute approximate surface area is 240 Å². The van der Waals surface area contributed by atoms with Crippen LogP contribution in [0, 0.1) is 24.7 Å². The number of esters is 1. The molecule has 0 spiro atoms. The highest BCUT2D eigenvalue weighted by Gasteiger charge is 2.44. The lowest BCUT2D eigenvalue weighted by Crippen LogP contribution is -2.37. The standard InChI is InChI=1S/C31H35N3O4S2/c1-18-16-20(3)28(21(4)17-18)38-31(35)25-26(32-5)30(39-23-15-11-10-12-19(23)2)34-27(25)24(22-13-8-7-9-14-22)29(33-34)40(6,36)37/h7-15,18,20-21,24,28H,5,16-17H2,1-4,6H3. The maximum Gasteiger partial charge on any atom is 0.342 e. The monoisotopic (exact) mass is 577 g/mol. The summed E-state index contributed by atoms with van der Waals surface area (Å²) in [7, 11) is -3.73. The van der Waals surface area contributed by atoms with Crippen molar-refractivity contribution in [3.63, 3.8) is 0 Å². The molecule has 1 aliphatic heterocycles. The molecular weight excluding hydrogens is 542 g/mol. The van der Waals surface area contributed by atoms with Crippen LogP contribution in [-0.2, 0) is 14.6 Å². The van der Waals surface area contributed by atoms with E-state index < -0.39 is 21.7 Å². The molecule has 1 saturated carbocycles. The molecule has 0 radical (unpaired) electrons. The fourth-order valence-corrected chi connectivity index (χ4v) is 8.22. The van der Waals surface area contributed by atoms with E-state index in [-0.39, 0.29) is 28.5 Å². The van der Waals surface area contributed by atoms with Gasteiger partial charge in [0, 0.05) is 11.2 Å². The second-order valence-corrected chi connectivity index (χ2v) is 14.2. The first-order valence-corrected chi connectivity index (χ1v) is 16.3. The van der Waals surface area contributed by atoms with Crippen LogP contribution < -0.4 is 0 Å². The van der Waals surface area contributed by atoms with Crippen LogP contribution in [-0.4, -0.2) is 43.2 Å². The molecule has 5 rings (SSSR count). The van der Waals surface area contributed by atoms with Gasteiger partial charge in [-0.3, -0.25) is 4.99 Å². The van der Waals surface area contributed by atoms with Crippen molar-refractivity contribution in [2.45, 2.75) is 62.5 Å². The number of sulfone groups is 1. The van der Waals surface area contributed by atoms with E-state index in [9.17, 15) is 13.2 Å². The van der Waals surface area contributed by atoms with Gasteiger partial charge in [0.25, 0.3) is 0 Å². The lowest BCUT2D eigenvalue weighted by Gasteiger charge is -2.37. The number of aliphatic imine (C=N–C) groups is 1. The summed E-state index contributed by atoms with van der Waals surface area (Å²) in [5.74, 6) is -0.341. The molecule has 40 heavy (non-hydrogen) atoms. The Morgan fingerprint density at radius 1 is 1.05 bits per heavy atom. The minimum atomic E-state index is -3.73. The summed E-state index contributed by atoms with van der Waals surface area (Å²) in [5.41, 5.74) is 2.77. The van der Waals surface area contributed by atoms with E-state index in [1.807, 2.05) is 61.5 Å². The van der Waals surface area contributed by atoms with Gasteiger partial charge in [0.05, 0.1) is 11.6 Å². The molecule has 1 aliphatic carbocycles. The average Bonchev–Trinajstić information content (AvgIpc) is 3.43. The van der Waals surface area contributed by atoms with Gasteiger partial charge in [-0.05, 0) is 61.4 Å². The largest absolute Gasteiger partial charge is 0.458 e. The number of carbonyl (C=O) groups is 1. The SMILES string of the molecule is C=Nc1c(C(=O)OC2C(C)CC(C)CC2C)c2n(c1Sc1ccccc1C)N=C(S(C)(=O)=O)C2c1ccccc1. The van der Waals surface area contributed by atoms with Gasteiger partial charge in [0.2, 0.25) is 0 Å². The van der Waals surface area contributed by atoms with Crippen LogP contribution in [0.15, 0.2) is 74.6 Å². The van der Waals surface area contributed by atoms with E-state index in [0.29, 0.717) is 27.9 Å². The fraction of sp³-hybridized carbons (Fsp3) is 0.387. The van der Waals surface area contributed by atoms with Gasteiger partial charge in [-0.25, -0.2) is 17.9 Å². The van der Waals surface area contributed by atoms with Crippen LogP contribution in [0.4, 0.5) is 5.69 Å². The predicted octanol–water partition coefficient (Wildman–Crippen LogP) is 6.86. The third kappa shape index (κ3) is 5.17. The highest BCUT2D eigenvalue weighted by atomic mass is 32.2. The molecule has 2 heterocycles. The van der Waals surface area contributed by atoms with Crippen molar-refractivity contribution in [3.05, 3.63) is 77.0 Å². The number of hydrogen-bond acceptors (Lipinski definition) is 7. The van der Waals surface area contributed by atoms with E-state index in [1.54, 1.807) is 4.68 Å². The van der Waals surface area contributed by atoms with Crippen molar-refractivity contribution in [3.8, 4) is 0 Å². The third-order valence-corrected chi connectivity index (χ3v) is 10.2. The number of aromatic nitrogens is 1. The summed E-state index contributed by atoms with van der Waals surface area (Å²) in [5, 5.41) is 5.15. The number of hydrogen-bond donors (Lipinski definition) is 0. The molecule has 0 N–H and O–H groups in total. The Kier molecular flexibility index (Phi) is 7.81. The number of carbonyl (C=O) groups excluding carboxylic acids is 1. The van der Waals surface area contributed by atoms with Crippen molar-refractivity contribution in [2.75, 3.05) is 6.26 Å². The Morgan fingerprint density at radius 2 is 1.68 bits per heavy atom. The zero-order valence-corrected chi connectivity index (χ0v) is 25.1. The summed E-state index contributed by atoms with van der Waals surface area (Å²) in [4.78, 5) is 19.4. The first-order valence-electron chi connectivity index (χ1n) is 13.5. The Hall–Kier alpha value is -3.17. The van der Waals surface area contributed by atoms with Crippen molar-refractivity contribution in [1.29, 1.82) is 0 Å². The summed E-state index contributed by atoms with van der Waals surface area (Å²) >= 11 is 1.39. The van der Waals surface area contributed by atoms with E-state index in [4.69, 9.17) is 4.74 Å². The van der Waals surface area contributed by atoms with Crippen molar-refractivity contribution >= 4 is 45.0 Å². The molecule has 0 bridgehead atoms. The zero-order valence-electron chi connectivity index (χ0n) is 23.5. The number of ether oxygens (including phenoxy) is 1. The van der Waals surface area contributed by atoms with Gasteiger partial charge in [-0.1, -0.05) is 81.1 Å². The number of benzene rings is 2. The summed E-state index contributed by atoms with van der Waals surface area (Å²) in [6.45, 7) is 12.3. The lowest BCUT2D eigenvalue weighted by molar-refractivity contribution is -0.0252. The molecule has 0 saturated heterocycles. The number of aryl methyl sites for hydroxylation is 1. The van der Waals surface area contributed by atoms with E-state index in [0.717, 1.165) is 29.6 Å². The van der Waals surface area contributed by atoms with Gasteiger partial charge < -0.3 is 4.74 Å². The maximum absolute atomic E-state index is 14.2. The van der Waals surface area contributed by atoms with Crippen molar-refractivity contribution in [2.24, 2.45) is 27.8 Å². The zero-order chi connectivity index (χ0) is 28.8. The van der Waals surface area contributed by atoms with Crippen LogP contribution in [0.3, 0.4) is 0 Å². The molecular formula is C31H35N3O4S2. The van der Waals surface area contributed by atoms with Crippen LogP contribution in [0.25, 0.3) is 0 Å². The normalized spacial score (nSPS) is 24.3. The van der Waals surface area contributed by atoms with Crippen molar-refractivity contribution in [1.82, 2.24) is 4.68 Å². The third-order valence-electron chi connectivity index (χ3n) is 7.92. The fourth-order valence-electron chi connectivity index (χ4n) is 6.24. The maximum atomic E-state index is 14.2. The van der Waals surface area contributed by atoms with Gasteiger partial charge in [-0.2, -0.15) is 5.10 Å². The second-order valence-electron chi connectivity index (χ2n) is 11.2. The first kappa shape index (κ1) is 28.4. The first-order chi connectivity index (χ1) is 19.0. The van der Waals surface area contributed by atoms with E-state index in [1.165, 1.54) is 11.8 Å². The average molecular weight is 578 g/mol. The molecule has 0 amide bonds. The van der Waals surface area contributed by atoms with Crippen LogP contribution in [0.1, 0.15) is 66.7 Å². The molecule has 7 nitrogen and oxygen atoms in total. The summed E-state index contributed by atoms with van der Waals surface area (Å²) < 4.78 is 34.0. The highest BCUT2D eigenvalue weighted by molar-refractivity contribution is 8.06. The topological polar surface area (TPSA) is 90.1 Å². The van der Waals surface area contributed by atoms with E-state index >= 15 is 0 Å². The highest BCUT2D eigenvalue weighted by Crippen LogP contribution is 2.49. The molecule has 210 valence electrons. The number of nitrogens with zero attached hydrogens (tertiary/aromatic N) is 3. The molecule has 3 unspecified atom stereocenters. The molecule has 1 fully saturated rings. The van der Waals surface area contributed by atoms with Crippen LogP contribution >= 0.6 is 11.8 Å². The molecule has 3 aromatic rings. The Morgan fingerprint density at radius 3 is 2.27 bits per heavy atom. The molecule has 9 heteroatoms. The van der Waals surface area contributed by atoms with E-state index in [2.05, 4.69) is 37.6 Å². The second kappa shape index (κ2) is 11.0. The summed E-state index contributed by atoms with van der Waals surface area (Å²) in [6.07, 6.45) is 2.85. The smallest absolute Gasteiger partial charge is 0.342 e. The number of rotatable bonds is 6. The van der Waals surface area contributed by atoms with Gasteiger partial charge >= 0.3 is 5.97 Å². The lowest BCUT2D eigenvalue weighted by atomic mass is 9.75. The predicted molar refractivity (Wildman–Crippen MR) is 161 cm³/mol. The van der Waals surface area contributed by atoms with Gasteiger partial charge in [0.1, 0.15) is 22.4 Å². The minimum absolute atomic E-state index is 0.0155. The van der Waals surface area contributed by atoms with Gasteiger partial charge in [0.15, 0.2) is 14.9 Å². The van der Waals surface area contributed by atoms with Crippen molar-refractivity contribution < 1.29 is 17.9 Å². The summed E-state index contributed by atoms with van der Waals surface area (Å²) in [6, 6.07) is 17.1. The minimum Gasteiger partial charge on any atom is -0.458 e. The Bertz CT molecular complexity index is 1580.